The molecule has 0 fully saturated rings. The number of nitrogens with one attached hydrogen (secondary N) is 1. The Morgan fingerprint density at radius 2 is 2.14 bits per heavy atom. The van der Waals surface area contributed by atoms with Crippen LogP contribution in [0.3, 0.4) is 0 Å². The van der Waals surface area contributed by atoms with Gasteiger partial charge in [0.2, 0.25) is 5.91 Å². The van der Waals surface area contributed by atoms with Crippen molar-refractivity contribution in [2.24, 2.45) is 5.73 Å². The highest BCUT2D eigenvalue weighted by Gasteiger charge is 2.17. The van der Waals surface area contributed by atoms with Gasteiger partial charge < -0.3 is 11.1 Å². The summed E-state index contributed by atoms with van der Waals surface area (Å²) >= 11 is 4.94. The summed E-state index contributed by atoms with van der Waals surface area (Å²) in [6.45, 7) is 5.01. The molecule has 1 amide bonds. The smallest absolute Gasteiger partial charge is 0.241 e. The molecular formula is C16H25N3OS. The molecule has 3 N–H and O–H groups in total. The summed E-state index contributed by atoms with van der Waals surface area (Å²) in [5.74, 6) is -0.0194. The number of likely N-dealkylation sites (N-methyl/N-ethyl adjacent to an activating group) is 1. The first-order chi connectivity index (χ1) is 9.95. The number of carbonyl (C=O) groups excluding carboxylic acids is 1. The average molecular weight is 307 g/mol. The van der Waals surface area contributed by atoms with Crippen LogP contribution in [-0.2, 0) is 4.79 Å². The summed E-state index contributed by atoms with van der Waals surface area (Å²) < 4.78 is 0. The number of hydrogen-bond donors (Lipinski definition) is 2. The first-order valence-electron chi connectivity index (χ1n) is 7.36. The van der Waals surface area contributed by atoms with Gasteiger partial charge in [0.15, 0.2) is 0 Å². The van der Waals surface area contributed by atoms with Crippen LogP contribution >= 0.6 is 12.2 Å². The fourth-order valence-corrected chi connectivity index (χ4v) is 2.13. The summed E-state index contributed by atoms with van der Waals surface area (Å²) in [5, 5.41) is 2.91. The molecule has 0 spiro atoms. The summed E-state index contributed by atoms with van der Waals surface area (Å²) in [7, 11) is 1.98. The lowest BCUT2D eigenvalue weighted by molar-refractivity contribution is -0.120. The molecule has 1 aromatic carbocycles. The normalized spacial score (nSPS) is 12.2. The van der Waals surface area contributed by atoms with Crippen LogP contribution in [0.5, 0.6) is 0 Å². The molecule has 1 atom stereocenters. The Morgan fingerprint density at radius 1 is 1.43 bits per heavy atom. The van der Waals surface area contributed by atoms with Crippen molar-refractivity contribution in [2.45, 2.75) is 39.2 Å². The fourth-order valence-electron chi connectivity index (χ4n) is 2.00. The van der Waals surface area contributed by atoms with E-state index in [1.54, 1.807) is 6.07 Å². The Kier molecular flexibility index (Phi) is 7.32. The first kappa shape index (κ1) is 17.6. The molecule has 0 aliphatic rings. The third-order valence-corrected chi connectivity index (χ3v) is 3.81. The van der Waals surface area contributed by atoms with Gasteiger partial charge in [-0.2, -0.15) is 0 Å². The molecule has 116 valence electrons. The van der Waals surface area contributed by atoms with Crippen LogP contribution in [0, 0.1) is 0 Å². The van der Waals surface area contributed by atoms with Crippen LogP contribution in [0.4, 0.5) is 5.69 Å². The average Bonchev–Trinajstić information content (AvgIpc) is 2.46. The zero-order valence-corrected chi connectivity index (χ0v) is 13.9. The van der Waals surface area contributed by atoms with E-state index in [9.17, 15) is 4.79 Å². The molecule has 0 aliphatic carbocycles. The molecule has 5 heteroatoms. The van der Waals surface area contributed by atoms with Crippen molar-refractivity contribution in [3.8, 4) is 0 Å². The summed E-state index contributed by atoms with van der Waals surface area (Å²) in [4.78, 5) is 14.7. The molecule has 0 saturated heterocycles. The lowest BCUT2D eigenvalue weighted by Gasteiger charge is -2.23. The Balaban J connectivity index is 2.59. The van der Waals surface area contributed by atoms with Crippen molar-refractivity contribution < 1.29 is 4.79 Å². The van der Waals surface area contributed by atoms with Gasteiger partial charge in [-0.15, -0.1) is 0 Å². The van der Waals surface area contributed by atoms with Crippen molar-refractivity contribution in [2.75, 3.05) is 18.9 Å². The zero-order valence-electron chi connectivity index (χ0n) is 13.1. The molecule has 1 rings (SSSR count). The number of unbranched alkanes of at least 4 members (excludes halogenated alkanes) is 2. The van der Waals surface area contributed by atoms with E-state index in [0.717, 1.165) is 24.2 Å². The number of hydrogen-bond acceptors (Lipinski definition) is 3. The summed E-state index contributed by atoms with van der Waals surface area (Å²) in [6, 6.07) is 7.13. The Hall–Kier alpha value is -1.46. The van der Waals surface area contributed by atoms with E-state index in [-0.39, 0.29) is 11.9 Å². The number of nitrogens with zero attached hydrogens (tertiary/aromatic N) is 1. The van der Waals surface area contributed by atoms with Gasteiger partial charge in [0.25, 0.3) is 0 Å². The molecule has 21 heavy (non-hydrogen) atoms. The number of anilines is 1. The SMILES string of the molecule is CCCCCN(C)C(C)C(=O)Nc1cccc(C(N)=S)c1. The van der Waals surface area contributed by atoms with E-state index in [1.165, 1.54) is 12.8 Å². The third-order valence-electron chi connectivity index (χ3n) is 3.57. The monoisotopic (exact) mass is 307 g/mol. The second kappa shape index (κ2) is 8.74. The maximum atomic E-state index is 12.3. The Bertz CT molecular complexity index is 490. The van der Waals surface area contributed by atoms with E-state index in [2.05, 4.69) is 17.1 Å². The molecule has 0 radical (unpaired) electrons. The van der Waals surface area contributed by atoms with E-state index >= 15 is 0 Å². The molecule has 0 aliphatic heterocycles. The van der Waals surface area contributed by atoms with Gasteiger partial charge in [0.1, 0.15) is 4.99 Å². The molecule has 0 saturated carbocycles. The lowest BCUT2D eigenvalue weighted by atomic mass is 10.2. The first-order valence-corrected chi connectivity index (χ1v) is 7.77. The van der Waals surface area contributed by atoms with Gasteiger partial charge in [-0.25, -0.2) is 0 Å². The maximum absolute atomic E-state index is 12.3. The van der Waals surface area contributed by atoms with Crippen LogP contribution in [0.2, 0.25) is 0 Å². The van der Waals surface area contributed by atoms with E-state index in [1.807, 2.05) is 32.2 Å². The van der Waals surface area contributed by atoms with Crippen LogP contribution < -0.4 is 11.1 Å². The summed E-state index contributed by atoms with van der Waals surface area (Å²) in [6.07, 6.45) is 3.48. The van der Waals surface area contributed by atoms with Crippen molar-refractivity contribution in [3.05, 3.63) is 29.8 Å². The molecule has 0 heterocycles. The van der Waals surface area contributed by atoms with Crippen LogP contribution in [0.1, 0.15) is 38.7 Å². The number of amides is 1. The van der Waals surface area contributed by atoms with E-state index in [0.29, 0.717) is 4.99 Å². The minimum Gasteiger partial charge on any atom is -0.389 e. The molecule has 0 bridgehead atoms. The minimum atomic E-state index is -0.171. The zero-order chi connectivity index (χ0) is 15.8. The second-order valence-electron chi connectivity index (χ2n) is 5.30. The summed E-state index contributed by atoms with van der Waals surface area (Å²) in [5.41, 5.74) is 7.08. The van der Waals surface area contributed by atoms with Gasteiger partial charge >= 0.3 is 0 Å². The number of carbonyl (C=O) groups is 1. The van der Waals surface area contributed by atoms with E-state index < -0.39 is 0 Å². The van der Waals surface area contributed by atoms with Crippen molar-refractivity contribution in [1.82, 2.24) is 4.90 Å². The number of rotatable bonds is 8. The Morgan fingerprint density at radius 3 is 2.76 bits per heavy atom. The molecule has 1 unspecified atom stereocenters. The predicted octanol–water partition coefficient (Wildman–Crippen LogP) is 2.77. The van der Waals surface area contributed by atoms with Crippen molar-refractivity contribution in [3.63, 3.8) is 0 Å². The maximum Gasteiger partial charge on any atom is 0.241 e. The largest absolute Gasteiger partial charge is 0.389 e. The quantitative estimate of drug-likeness (QED) is 0.573. The van der Waals surface area contributed by atoms with Gasteiger partial charge in [-0.05, 0) is 39.1 Å². The van der Waals surface area contributed by atoms with Gasteiger partial charge in [0.05, 0.1) is 6.04 Å². The topological polar surface area (TPSA) is 58.4 Å². The highest BCUT2D eigenvalue weighted by molar-refractivity contribution is 7.80. The molecular weight excluding hydrogens is 282 g/mol. The lowest BCUT2D eigenvalue weighted by Crippen LogP contribution is -2.40. The molecule has 1 aromatic rings. The van der Waals surface area contributed by atoms with Gasteiger partial charge in [-0.3, -0.25) is 9.69 Å². The van der Waals surface area contributed by atoms with Crippen LogP contribution in [0.15, 0.2) is 24.3 Å². The number of benzene rings is 1. The van der Waals surface area contributed by atoms with Gasteiger partial charge in [0, 0.05) is 11.3 Å². The molecule has 0 aromatic heterocycles. The number of nitrogens with two attached hydrogens (primary N) is 1. The minimum absolute atomic E-state index is 0.0194. The standard InChI is InChI=1S/C16H25N3OS/c1-4-5-6-10-19(3)12(2)16(20)18-14-9-7-8-13(11-14)15(17)21/h7-9,11-12H,4-6,10H2,1-3H3,(H2,17,21)(H,18,20). The van der Waals surface area contributed by atoms with Gasteiger partial charge in [-0.1, -0.05) is 44.1 Å². The highest BCUT2D eigenvalue weighted by atomic mass is 32.1. The highest BCUT2D eigenvalue weighted by Crippen LogP contribution is 2.12. The Labute approximate surface area is 132 Å². The fraction of sp³-hybridized carbons (Fsp3) is 0.500. The third kappa shape index (κ3) is 5.81. The molecule has 4 nitrogen and oxygen atoms in total. The van der Waals surface area contributed by atoms with Crippen LogP contribution in [-0.4, -0.2) is 35.4 Å². The van der Waals surface area contributed by atoms with Crippen molar-refractivity contribution in [1.29, 1.82) is 0 Å². The predicted molar refractivity (Wildman–Crippen MR) is 92.6 cm³/mol. The second-order valence-corrected chi connectivity index (χ2v) is 5.74. The number of thiocarbonyl (C=S) groups is 1. The van der Waals surface area contributed by atoms with Crippen LogP contribution in [0.25, 0.3) is 0 Å². The van der Waals surface area contributed by atoms with Crippen molar-refractivity contribution >= 4 is 28.8 Å². The van der Waals surface area contributed by atoms with E-state index in [4.69, 9.17) is 18.0 Å².